The predicted molar refractivity (Wildman–Crippen MR) is 95.8 cm³/mol. The fourth-order valence-corrected chi connectivity index (χ4v) is 3.86. The first-order valence-electron chi connectivity index (χ1n) is 8.91. The quantitative estimate of drug-likeness (QED) is 0.483. The molecular weight excluding hydrogens is 330 g/mol. The van der Waals surface area contributed by atoms with E-state index in [1.54, 1.807) is 48.5 Å². The number of para-hydroxylation sites is 2. The van der Waals surface area contributed by atoms with Crippen molar-refractivity contribution in [2.24, 2.45) is 11.8 Å². The van der Waals surface area contributed by atoms with E-state index in [1.807, 2.05) is 6.07 Å². The molecule has 2 fully saturated rings. The molecule has 0 bridgehead atoms. The van der Waals surface area contributed by atoms with Crippen LogP contribution < -0.4 is 9.64 Å². The van der Waals surface area contributed by atoms with Gasteiger partial charge in [-0.3, -0.25) is 9.59 Å². The smallest absolute Gasteiger partial charge is 0.343 e. The van der Waals surface area contributed by atoms with Crippen molar-refractivity contribution in [3.8, 4) is 5.75 Å². The van der Waals surface area contributed by atoms with Crippen LogP contribution in [0.25, 0.3) is 0 Å². The van der Waals surface area contributed by atoms with Gasteiger partial charge in [-0.2, -0.15) is 0 Å². The van der Waals surface area contributed by atoms with Crippen LogP contribution in [-0.2, 0) is 9.59 Å². The Morgan fingerprint density at radius 1 is 0.846 bits per heavy atom. The average molecular weight is 349 g/mol. The van der Waals surface area contributed by atoms with Crippen LogP contribution in [0.4, 0.5) is 5.69 Å². The van der Waals surface area contributed by atoms with Crippen LogP contribution >= 0.6 is 0 Å². The maximum absolute atomic E-state index is 12.8. The molecule has 2 amide bonds. The van der Waals surface area contributed by atoms with E-state index in [-0.39, 0.29) is 29.4 Å². The van der Waals surface area contributed by atoms with E-state index < -0.39 is 5.97 Å². The normalized spacial score (nSPS) is 22.2. The van der Waals surface area contributed by atoms with Crippen molar-refractivity contribution in [1.29, 1.82) is 0 Å². The summed E-state index contributed by atoms with van der Waals surface area (Å²) in [5.41, 5.74) is 0.760. The molecule has 0 unspecified atom stereocenters. The van der Waals surface area contributed by atoms with Crippen LogP contribution in [0.3, 0.4) is 0 Å². The van der Waals surface area contributed by atoms with Gasteiger partial charge in [0, 0.05) is 0 Å². The monoisotopic (exact) mass is 349 g/mol. The summed E-state index contributed by atoms with van der Waals surface area (Å²) in [6.07, 6.45) is 3.44. The molecule has 2 aromatic carbocycles. The van der Waals surface area contributed by atoms with Gasteiger partial charge in [-0.15, -0.1) is 0 Å². The lowest BCUT2D eigenvalue weighted by Crippen LogP contribution is -2.31. The molecule has 0 spiro atoms. The van der Waals surface area contributed by atoms with Gasteiger partial charge >= 0.3 is 5.97 Å². The molecule has 1 heterocycles. The Kier molecular flexibility index (Phi) is 4.29. The van der Waals surface area contributed by atoms with E-state index in [0.29, 0.717) is 11.3 Å². The molecule has 26 heavy (non-hydrogen) atoms. The summed E-state index contributed by atoms with van der Waals surface area (Å²) in [4.78, 5) is 39.2. The third kappa shape index (κ3) is 2.79. The Morgan fingerprint density at radius 2 is 1.42 bits per heavy atom. The number of imide groups is 1. The number of hydrogen-bond donors (Lipinski definition) is 0. The van der Waals surface area contributed by atoms with Gasteiger partial charge < -0.3 is 4.74 Å². The molecule has 132 valence electrons. The Balaban J connectivity index is 1.65. The van der Waals surface area contributed by atoms with Crippen LogP contribution in [0.5, 0.6) is 5.75 Å². The van der Waals surface area contributed by atoms with Gasteiger partial charge in [-0.1, -0.05) is 43.2 Å². The molecular formula is C21H19NO4. The highest BCUT2D eigenvalue weighted by Crippen LogP contribution is 2.42. The average Bonchev–Trinajstić information content (AvgIpc) is 2.94. The molecule has 5 nitrogen and oxygen atoms in total. The SMILES string of the molecule is O=C(Oc1ccccc1N1C(=O)[C@H]2CCCC[C@H]2C1=O)c1ccccc1. The van der Waals surface area contributed by atoms with Crippen molar-refractivity contribution in [2.75, 3.05) is 4.90 Å². The number of anilines is 1. The summed E-state index contributed by atoms with van der Waals surface area (Å²) >= 11 is 0. The molecule has 1 aliphatic carbocycles. The van der Waals surface area contributed by atoms with E-state index in [2.05, 4.69) is 0 Å². The number of amides is 2. The lowest BCUT2D eigenvalue weighted by Gasteiger charge is -2.19. The number of rotatable bonds is 3. The third-order valence-electron chi connectivity index (χ3n) is 5.16. The number of benzene rings is 2. The number of carbonyl (C=O) groups excluding carboxylic acids is 3. The van der Waals surface area contributed by atoms with Gasteiger partial charge in [0.2, 0.25) is 11.8 Å². The van der Waals surface area contributed by atoms with Gasteiger partial charge in [0.05, 0.1) is 23.1 Å². The van der Waals surface area contributed by atoms with Crippen LogP contribution in [0.15, 0.2) is 54.6 Å². The molecule has 0 radical (unpaired) electrons. The molecule has 0 aromatic heterocycles. The van der Waals surface area contributed by atoms with Crippen LogP contribution in [-0.4, -0.2) is 17.8 Å². The highest BCUT2D eigenvalue weighted by atomic mass is 16.5. The van der Waals surface area contributed by atoms with Gasteiger partial charge in [-0.05, 0) is 37.1 Å². The summed E-state index contributed by atoms with van der Waals surface area (Å²) in [5, 5.41) is 0. The summed E-state index contributed by atoms with van der Waals surface area (Å²) in [5.74, 6) is -1.13. The fraction of sp³-hybridized carbons (Fsp3) is 0.286. The number of nitrogens with zero attached hydrogens (tertiary/aromatic N) is 1. The topological polar surface area (TPSA) is 63.7 Å². The standard InChI is InChI=1S/C21H19NO4/c23-19-15-10-4-5-11-16(15)20(24)22(19)17-12-6-7-13-18(17)26-21(25)14-8-2-1-3-9-14/h1-3,6-9,12-13,15-16H,4-5,10-11H2/t15-,16+. The minimum atomic E-state index is -0.519. The lowest BCUT2D eigenvalue weighted by molar-refractivity contribution is -0.122. The van der Waals surface area contributed by atoms with Gasteiger partial charge in [0.25, 0.3) is 0 Å². The van der Waals surface area contributed by atoms with Gasteiger partial charge in [-0.25, -0.2) is 9.69 Å². The van der Waals surface area contributed by atoms with Gasteiger partial charge in [0.15, 0.2) is 5.75 Å². The first-order chi connectivity index (χ1) is 12.7. The van der Waals surface area contributed by atoms with E-state index in [4.69, 9.17) is 4.74 Å². The van der Waals surface area contributed by atoms with Crippen molar-refractivity contribution in [3.63, 3.8) is 0 Å². The Bertz CT molecular complexity index is 837. The van der Waals surface area contributed by atoms with Crippen molar-refractivity contribution in [3.05, 3.63) is 60.2 Å². The molecule has 0 N–H and O–H groups in total. The molecule has 1 aliphatic heterocycles. The first-order valence-corrected chi connectivity index (χ1v) is 8.91. The van der Waals surface area contributed by atoms with E-state index in [1.165, 1.54) is 4.90 Å². The zero-order chi connectivity index (χ0) is 18.1. The minimum absolute atomic E-state index is 0.178. The lowest BCUT2D eigenvalue weighted by atomic mass is 9.81. The highest BCUT2D eigenvalue weighted by Gasteiger charge is 2.49. The minimum Gasteiger partial charge on any atom is -0.421 e. The van der Waals surface area contributed by atoms with E-state index in [0.717, 1.165) is 25.7 Å². The number of fused-ring (bicyclic) bond motifs is 1. The second-order valence-electron chi connectivity index (χ2n) is 6.73. The maximum Gasteiger partial charge on any atom is 0.343 e. The molecule has 4 rings (SSSR count). The molecule has 1 saturated carbocycles. The zero-order valence-electron chi connectivity index (χ0n) is 14.3. The second-order valence-corrected chi connectivity index (χ2v) is 6.73. The second kappa shape index (κ2) is 6.75. The van der Waals surface area contributed by atoms with E-state index in [9.17, 15) is 14.4 Å². The zero-order valence-corrected chi connectivity index (χ0v) is 14.3. The molecule has 5 heteroatoms. The molecule has 2 atom stereocenters. The van der Waals surface area contributed by atoms with Crippen molar-refractivity contribution >= 4 is 23.5 Å². The van der Waals surface area contributed by atoms with Crippen molar-refractivity contribution < 1.29 is 19.1 Å². The van der Waals surface area contributed by atoms with Crippen molar-refractivity contribution in [2.45, 2.75) is 25.7 Å². The first kappa shape index (κ1) is 16.5. The Labute approximate surface area is 151 Å². The van der Waals surface area contributed by atoms with Crippen LogP contribution in [0.1, 0.15) is 36.0 Å². The Hall–Kier alpha value is -2.95. The van der Waals surface area contributed by atoms with E-state index >= 15 is 0 Å². The largest absolute Gasteiger partial charge is 0.421 e. The molecule has 2 aromatic rings. The highest BCUT2D eigenvalue weighted by molar-refractivity contribution is 6.22. The number of hydrogen-bond acceptors (Lipinski definition) is 4. The summed E-state index contributed by atoms with van der Waals surface area (Å²) in [6, 6.07) is 15.3. The Morgan fingerprint density at radius 3 is 2.08 bits per heavy atom. The third-order valence-corrected chi connectivity index (χ3v) is 5.16. The maximum atomic E-state index is 12.8. The summed E-state index contributed by atoms with van der Waals surface area (Å²) in [6.45, 7) is 0. The van der Waals surface area contributed by atoms with Crippen LogP contribution in [0, 0.1) is 11.8 Å². The number of ether oxygens (including phenoxy) is 1. The number of esters is 1. The fourth-order valence-electron chi connectivity index (χ4n) is 3.86. The summed E-state index contributed by atoms with van der Waals surface area (Å²) in [7, 11) is 0. The predicted octanol–water partition coefficient (Wildman–Crippen LogP) is 3.59. The summed E-state index contributed by atoms with van der Waals surface area (Å²) < 4.78 is 5.51. The van der Waals surface area contributed by atoms with Crippen LogP contribution in [0.2, 0.25) is 0 Å². The molecule has 1 saturated heterocycles. The van der Waals surface area contributed by atoms with Gasteiger partial charge in [0.1, 0.15) is 0 Å². The number of carbonyl (C=O) groups is 3. The van der Waals surface area contributed by atoms with Crippen molar-refractivity contribution in [1.82, 2.24) is 0 Å². The molecule has 2 aliphatic rings.